The molecular formula is C46H51N3O9S2. The zero-order valence-electron chi connectivity index (χ0n) is 34.0. The van der Waals surface area contributed by atoms with Crippen LogP contribution in [0.5, 0.6) is 17.2 Å². The highest BCUT2D eigenvalue weighted by molar-refractivity contribution is 8.00. The molecule has 4 aromatic rings. The molecule has 2 N–H and O–H groups in total. The molecule has 14 heteroatoms. The normalized spacial score (nSPS) is 16.4. The number of carbonyl (C=O) groups is 6. The van der Waals surface area contributed by atoms with E-state index in [1.807, 2.05) is 19.1 Å². The number of hydrogen-bond acceptors (Lipinski definition) is 12. The quantitative estimate of drug-likeness (QED) is 0.0504. The average molecular weight is 854 g/mol. The summed E-state index contributed by atoms with van der Waals surface area (Å²) in [6, 6.07) is 17.7. The van der Waals surface area contributed by atoms with E-state index in [-0.39, 0.29) is 65.8 Å². The van der Waals surface area contributed by atoms with Crippen molar-refractivity contribution >= 4 is 68.4 Å². The van der Waals surface area contributed by atoms with Crippen LogP contribution in [0.2, 0.25) is 0 Å². The Balaban J connectivity index is 1.08. The second-order valence-corrected chi connectivity index (χ2v) is 17.2. The number of nitrogens with one attached hydrogen (secondary N) is 1. The summed E-state index contributed by atoms with van der Waals surface area (Å²) in [6.45, 7) is 7.07. The molecule has 0 bridgehead atoms. The van der Waals surface area contributed by atoms with Crippen molar-refractivity contribution in [1.82, 2.24) is 15.1 Å². The Bertz CT molecular complexity index is 2210. The van der Waals surface area contributed by atoms with Gasteiger partial charge in [0.25, 0.3) is 0 Å². The molecule has 6 rings (SSSR count). The lowest BCUT2D eigenvalue weighted by Crippen LogP contribution is -2.43. The monoisotopic (exact) mass is 853 g/mol. The smallest absolute Gasteiger partial charge is 0.413 e. The van der Waals surface area contributed by atoms with Gasteiger partial charge in [-0.25, -0.2) is 4.79 Å². The number of allylic oxidation sites excluding steroid dienone is 2. The molecule has 3 aromatic carbocycles. The number of ketones is 3. The molecule has 3 heterocycles. The zero-order chi connectivity index (χ0) is 42.6. The van der Waals surface area contributed by atoms with Gasteiger partial charge in [-0.05, 0) is 118 Å². The SMILES string of the molecule is CC/C=C\CC(=O)CCCN1C(=O)CC(SCC(NC(=O)Oc2ccc3c(C(=O)c4ccc(OCCN5CCCCC5)cc4)c(-c4ccc(O)cc4)sc3c2)C(C)=O)C1=O. The highest BCUT2D eigenvalue weighted by Crippen LogP contribution is 2.42. The van der Waals surface area contributed by atoms with Crippen molar-refractivity contribution in [2.45, 2.75) is 76.5 Å². The van der Waals surface area contributed by atoms with Gasteiger partial charge in [0.05, 0.1) is 11.3 Å². The lowest BCUT2D eigenvalue weighted by molar-refractivity contribution is -0.138. The predicted molar refractivity (Wildman–Crippen MR) is 234 cm³/mol. The summed E-state index contributed by atoms with van der Waals surface area (Å²) in [5.74, 6) is -0.199. The predicted octanol–water partition coefficient (Wildman–Crippen LogP) is 7.98. The van der Waals surface area contributed by atoms with Gasteiger partial charge >= 0.3 is 6.09 Å². The van der Waals surface area contributed by atoms with Crippen molar-refractivity contribution < 1.29 is 43.3 Å². The number of rotatable bonds is 20. The number of likely N-dealkylation sites (tertiary alicyclic amines) is 2. The molecule has 316 valence electrons. The van der Waals surface area contributed by atoms with E-state index in [9.17, 15) is 33.9 Å². The van der Waals surface area contributed by atoms with Crippen LogP contribution in [0.4, 0.5) is 4.79 Å². The third-order valence-corrected chi connectivity index (χ3v) is 13.0. The fourth-order valence-corrected chi connectivity index (χ4v) is 9.70. The fraction of sp³-hybridized carbons (Fsp3) is 0.391. The van der Waals surface area contributed by atoms with Crippen molar-refractivity contribution in [3.8, 4) is 27.7 Å². The number of benzene rings is 3. The lowest BCUT2D eigenvalue weighted by atomic mass is 9.97. The molecule has 2 aliphatic heterocycles. The fourth-order valence-electron chi connectivity index (χ4n) is 7.19. The van der Waals surface area contributed by atoms with E-state index in [1.165, 1.54) is 42.4 Å². The molecule has 60 heavy (non-hydrogen) atoms. The van der Waals surface area contributed by atoms with Crippen molar-refractivity contribution in [2.75, 3.05) is 38.5 Å². The van der Waals surface area contributed by atoms with Gasteiger partial charge in [-0.15, -0.1) is 23.1 Å². The third kappa shape index (κ3) is 11.7. The van der Waals surface area contributed by atoms with Crippen LogP contribution >= 0.6 is 23.1 Å². The second kappa shape index (κ2) is 21.3. The first-order valence-electron chi connectivity index (χ1n) is 20.5. The molecule has 0 radical (unpaired) electrons. The number of amides is 3. The minimum Gasteiger partial charge on any atom is -0.508 e. The minimum atomic E-state index is -0.990. The van der Waals surface area contributed by atoms with Gasteiger partial charge in [-0.3, -0.25) is 33.8 Å². The van der Waals surface area contributed by atoms with Gasteiger partial charge in [-0.1, -0.05) is 25.5 Å². The number of thioether (sulfide) groups is 1. The second-order valence-electron chi connectivity index (χ2n) is 14.9. The van der Waals surface area contributed by atoms with E-state index in [2.05, 4.69) is 10.2 Å². The van der Waals surface area contributed by atoms with Crippen molar-refractivity contribution in [3.63, 3.8) is 0 Å². The Kier molecular flexibility index (Phi) is 15.7. The van der Waals surface area contributed by atoms with E-state index in [0.717, 1.165) is 43.4 Å². The van der Waals surface area contributed by atoms with E-state index in [0.29, 0.717) is 51.3 Å². The van der Waals surface area contributed by atoms with Crippen molar-refractivity contribution in [3.05, 3.63) is 90.0 Å². The molecule has 2 saturated heterocycles. The molecule has 2 fully saturated rings. The first kappa shape index (κ1) is 44.2. The molecule has 1 aromatic heterocycles. The first-order valence-corrected chi connectivity index (χ1v) is 22.3. The number of nitrogens with zero attached hydrogens (tertiary/aromatic N) is 2. The zero-order valence-corrected chi connectivity index (χ0v) is 35.6. The molecule has 0 aliphatic carbocycles. The van der Waals surface area contributed by atoms with Crippen LogP contribution in [0.1, 0.15) is 81.1 Å². The number of piperidine rings is 1. The Morgan fingerprint density at radius 3 is 2.40 bits per heavy atom. The van der Waals surface area contributed by atoms with Gasteiger partial charge in [0, 0.05) is 64.2 Å². The Labute approximate surface area is 358 Å². The summed E-state index contributed by atoms with van der Waals surface area (Å²) in [5, 5.41) is 12.5. The Morgan fingerprint density at radius 1 is 0.950 bits per heavy atom. The number of imide groups is 1. The van der Waals surface area contributed by atoms with Crippen LogP contribution in [0.3, 0.4) is 0 Å². The largest absolute Gasteiger partial charge is 0.508 e. The van der Waals surface area contributed by atoms with Gasteiger partial charge < -0.3 is 19.9 Å². The van der Waals surface area contributed by atoms with E-state index >= 15 is 0 Å². The lowest BCUT2D eigenvalue weighted by Gasteiger charge is -2.26. The standard InChI is InChI=1S/C46H51N3O9S2/c1-3-4-6-10-33(51)11-9-24-49-41(53)28-40(45(49)55)59-29-38(30(2)50)47-46(56)58-36-20-21-37-39(27-36)60-44(32-12-16-34(52)17-13-32)42(37)43(54)31-14-18-35(19-15-31)57-26-25-48-22-7-5-8-23-48/h4,6,12-21,27,38,40,52H,3,5,7-11,22-26,28-29H2,1-2H3,(H,47,56)/b6-4-. The van der Waals surface area contributed by atoms with Crippen LogP contribution in [-0.2, 0) is 19.2 Å². The Hall–Kier alpha value is -5.31. The number of phenols is 1. The molecule has 3 amide bonds. The molecular weight excluding hydrogens is 803 g/mol. The number of phenolic OH excluding ortho intramolecular Hbond substituents is 1. The minimum absolute atomic E-state index is 0.0259. The average Bonchev–Trinajstić information content (AvgIpc) is 3.75. The first-order chi connectivity index (χ1) is 29.0. The summed E-state index contributed by atoms with van der Waals surface area (Å²) in [7, 11) is 0. The van der Waals surface area contributed by atoms with Gasteiger partial charge in [0.2, 0.25) is 11.8 Å². The summed E-state index contributed by atoms with van der Waals surface area (Å²) >= 11 is 2.46. The van der Waals surface area contributed by atoms with Crippen molar-refractivity contribution in [2.24, 2.45) is 0 Å². The van der Waals surface area contributed by atoms with Crippen LogP contribution in [0.25, 0.3) is 20.5 Å². The van der Waals surface area contributed by atoms with Gasteiger partial charge in [0.1, 0.15) is 29.6 Å². The van der Waals surface area contributed by atoms with Crippen LogP contribution in [0, 0.1) is 0 Å². The number of thiophene rings is 1. The maximum atomic E-state index is 14.2. The third-order valence-electron chi connectivity index (χ3n) is 10.5. The number of aromatic hydroxyl groups is 1. The van der Waals surface area contributed by atoms with Crippen LogP contribution in [0.15, 0.2) is 78.9 Å². The summed E-state index contributed by atoms with van der Waals surface area (Å²) in [4.78, 5) is 82.0. The van der Waals surface area contributed by atoms with E-state index in [1.54, 1.807) is 66.7 Å². The summed E-state index contributed by atoms with van der Waals surface area (Å²) in [5.41, 5.74) is 1.67. The molecule has 2 aliphatic rings. The topological polar surface area (TPSA) is 160 Å². The van der Waals surface area contributed by atoms with Crippen molar-refractivity contribution in [1.29, 1.82) is 0 Å². The summed E-state index contributed by atoms with van der Waals surface area (Å²) in [6.07, 6.45) is 8.37. The molecule has 0 spiro atoms. The maximum absolute atomic E-state index is 14.2. The molecule has 12 nitrogen and oxygen atoms in total. The number of ether oxygens (including phenoxy) is 2. The molecule has 0 saturated carbocycles. The van der Waals surface area contributed by atoms with Crippen LogP contribution < -0.4 is 14.8 Å². The van der Waals surface area contributed by atoms with Gasteiger partial charge in [-0.2, -0.15) is 0 Å². The highest BCUT2D eigenvalue weighted by Gasteiger charge is 2.39. The number of Topliss-reactive ketones (excluding diaryl/α,β-unsaturated/α-hetero) is 2. The number of carbonyl (C=O) groups excluding carboxylic acids is 6. The van der Waals surface area contributed by atoms with E-state index < -0.39 is 17.4 Å². The molecule has 2 unspecified atom stereocenters. The highest BCUT2D eigenvalue weighted by atomic mass is 32.2. The molecule has 2 atom stereocenters. The van der Waals surface area contributed by atoms with Crippen LogP contribution in [-0.4, -0.2) is 100.0 Å². The number of fused-ring (bicyclic) bond motifs is 1. The number of hydrogen-bond donors (Lipinski definition) is 2. The maximum Gasteiger partial charge on any atom is 0.413 e. The Morgan fingerprint density at radius 2 is 1.68 bits per heavy atom. The summed E-state index contributed by atoms with van der Waals surface area (Å²) < 4.78 is 12.3. The van der Waals surface area contributed by atoms with E-state index in [4.69, 9.17) is 9.47 Å². The van der Waals surface area contributed by atoms with Gasteiger partial charge in [0.15, 0.2) is 11.6 Å².